The molecule has 1 aliphatic heterocycles. The molecular formula is C11H20FN. The number of hydrogen-bond acceptors (Lipinski definition) is 1. The van der Waals surface area contributed by atoms with Gasteiger partial charge in [0.2, 0.25) is 0 Å². The standard InChI is InChI=1S/C11H20FN/c12-10-7-11(13-8-10)9-5-3-1-2-4-6-9/h9-11,13H,1-8H2. The minimum atomic E-state index is -0.576. The first-order valence-electron chi connectivity index (χ1n) is 5.74. The molecule has 0 aromatic heterocycles. The smallest absolute Gasteiger partial charge is 0.114 e. The second kappa shape index (κ2) is 4.41. The second-order valence-electron chi connectivity index (χ2n) is 4.60. The lowest BCUT2D eigenvalue weighted by atomic mass is 9.91. The lowest BCUT2D eigenvalue weighted by Crippen LogP contribution is -2.30. The molecule has 1 N–H and O–H groups in total. The molecule has 1 saturated carbocycles. The van der Waals surface area contributed by atoms with Crippen LogP contribution in [0.5, 0.6) is 0 Å². The summed E-state index contributed by atoms with van der Waals surface area (Å²) in [5.74, 6) is 0.767. The van der Waals surface area contributed by atoms with Crippen LogP contribution in [0.1, 0.15) is 44.9 Å². The number of halogens is 1. The fraction of sp³-hybridized carbons (Fsp3) is 1.00. The van der Waals surface area contributed by atoms with Crippen LogP contribution in [-0.2, 0) is 0 Å². The fourth-order valence-electron chi connectivity index (χ4n) is 2.79. The first-order valence-corrected chi connectivity index (χ1v) is 5.74. The van der Waals surface area contributed by atoms with Crippen LogP contribution in [0.3, 0.4) is 0 Å². The van der Waals surface area contributed by atoms with E-state index in [0.29, 0.717) is 12.6 Å². The average Bonchev–Trinajstić information content (AvgIpc) is 2.43. The summed E-state index contributed by atoms with van der Waals surface area (Å²) >= 11 is 0. The topological polar surface area (TPSA) is 12.0 Å². The molecule has 1 heterocycles. The highest BCUT2D eigenvalue weighted by molar-refractivity contribution is 4.87. The normalized spacial score (nSPS) is 37.6. The zero-order valence-corrected chi connectivity index (χ0v) is 8.27. The maximum Gasteiger partial charge on any atom is 0.114 e. The van der Waals surface area contributed by atoms with E-state index in [1.807, 2.05) is 0 Å². The van der Waals surface area contributed by atoms with Crippen molar-refractivity contribution >= 4 is 0 Å². The molecule has 2 atom stereocenters. The van der Waals surface area contributed by atoms with Crippen LogP contribution >= 0.6 is 0 Å². The van der Waals surface area contributed by atoms with Gasteiger partial charge in [0.15, 0.2) is 0 Å². The third kappa shape index (κ3) is 2.43. The van der Waals surface area contributed by atoms with Crippen LogP contribution in [0.4, 0.5) is 4.39 Å². The summed E-state index contributed by atoms with van der Waals surface area (Å²) in [6, 6.07) is 0.494. The number of rotatable bonds is 1. The van der Waals surface area contributed by atoms with Crippen molar-refractivity contribution in [3.05, 3.63) is 0 Å². The first-order chi connectivity index (χ1) is 6.36. The van der Waals surface area contributed by atoms with Gasteiger partial charge in [-0.05, 0) is 25.2 Å². The van der Waals surface area contributed by atoms with Crippen LogP contribution in [0.2, 0.25) is 0 Å². The van der Waals surface area contributed by atoms with E-state index in [4.69, 9.17) is 0 Å². The highest BCUT2D eigenvalue weighted by Crippen LogP contribution is 2.29. The molecule has 13 heavy (non-hydrogen) atoms. The van der Waals surface area contributed by atoms with Crippen LogP contribution in [0, 0.1) is 5.92 Å². The molecule has 1 saturated heterocycles. The Morgan fingerprint density at radius 1 is 1.00 bits per heavy atom. The number of alkyl halides is 1. The van der Waals surface area contributed by atoms with E-state index in [2.05, 4.69) is 5.32 Å². The Morgan fingerprint density at radius 2 is 1.69 bits per heavy atom. The first kappa shape index (κ1) is 9.45. The summed E-state index contributed by atoms with van der Waals surface area (Å²) in [6.45, 7) is 0.598. The zero-order chi connectivity index (χ0) is 9.10. The average molecular weight is 185 g/mol. The minimum absolute atomic E-state index is 0.494. The number of nitrogens with one attached hydrogen (secondary N) is 1. The SMILES string of the molecule is FC1CNC(C2CCCCCC2)C1. The molecule has 2 unspecified atom stereocenters. The monoisotopic (exact) mass is 185 g/mol. The Hall–Kier alpha value is -0.110. The van der Waals surface area contributed by atoms with E-state index in [0.717, 1.165) is 12.3 Å². The Bertz CT molecular complexity index is 152. The summed E-state index contributed by atoms with van der Waals surface area (Å²) in [7, 11) is 0. The third-order valence-electron chi connectivity index (χ3n) is 3.58. The van der Waals surface area contributed by atoms with Gasteiger partial charge in [-0.25, -0.2) is 4.39 Å². The van der Waals surface area contributed by atoms with E-state index in [1.165, 1.54) is 38.5 Å². The molecule has 0 spiro atoms. The quantitative estimate of drug-likeness (QED) is 0.619. The van der Waals surface area contributed by atoms with Crippen molar-refractivity contribution in [1.82, 2.24) is 5.32 Å². The van der Waals surface area contributed by atoms with Gasteiger partial charge < -0.3 is 5.32 Å². The maximum absolute atomic E-state index is 13.0. The van der Waals surface area contributed by atoms with Gasteiger partial charge >= 0.3 is 0 Å². The van der Waals surface area contributed by atoms with Gasteiger partial charge in [-0.3, -0.25) is 0 Å². The highest BCUT2D eigenvalue weighted by atomic mass is 19.1. The lowest BCUT2D eigenvalue weighted by molar-refractivity contribution is 0.315. The Kier molecular flexibility index (Phi) is 3.20. The molecule has 2 heteroatoms. The van der Waals surface area contributed by atoms with Gasteiger partial charge in [-0.1, -0.05) is 25.7 Å². The summed E-state index contributed by atoms with van der Waals surface area (Å²) in [5, 5.41) is 3.33. The molecule has 0 amide bonds. The van der Waals surface area contributed by atoms with Crippen molar-refractivity contribution in [2.75, 3.05) is 6.54 Å². The van der Waals surface area contributed by atoms with Crippen LogP contribution in [0.25, 0.3) is 0 Å². The van der Waals surface area contributed by atoms with Gasteiger partial charge in [0.1, 0.15) is 6.17 Å². The Labute approximate surface area is 80.1 Å². The molecule has 0 bridgehead atoms. The van der Waals surface area contributed by atoms with Crippen LogP contribution in [0.15, 0.2) is 0 Å². The molecular weight excluding hydrogens is 165 g/mol. The van der Waals surface area contributed by atoms with Crippen molar-refractivity contribution in [1.29, 1.82) is 0 Å². The largest absolute Gasteiger partial charge is 0.311 e. The van der Waals surface area contributed by atoms with E-state index >= 15 is 0 Å². The van der Waals surface area contributed by atoms with Crippen molar-refractivity contribution < 1.29 is 4.39 Å². The third-order valence-corrected chi connectivity index (χ3v) is 3.58. The van der Waals surface area contributed by atoms with Crippen LogP contribution < -0.4 is 5.32 Å². The predicted molar refractivity (Wildman–Crippen MR) is 52.5 cm³/mol. The summed E-state index contributed by atoms with van der Waals surface area (Å²) < 4.78 is 13.0. The molecule has 1 aliphatic carbocycles. The summed E-state index contributed by atoms with van der Waals surface area (Å²) in [5.41, 5.74) is 0. The van der Waals surface area contributed by atoms with E-state index in [1.54, 1.807) is 0 Å². The Balaban J connectivity index is 1.84. The highest BCUT2D eigenvalue weighted by Gasteiger charge is 2.30. The Morgan fingerprint density at radius 3 is 2.23 bits per heavy atom. The predicted octanol–water partition coefficient (Wildman–Crippen LogP) is 2.66. The lowest BCUT2D eigenvalue weighted by Gasteiger charge is -2.21. The molecule has 2 fully saturated rings. The summed E-state index contributed by atoms with van der Waals surface area (Å²) in [6.07, 6.45) is 8.34. The zero-order valence-electron chi connectivity index (χ0n) is 8.27. The molecule has 2 aliphatic rings. The van der Waals surface area contributed by atoms with E-state index in [-0.39, 0.29) is 0 Å². The van der Waals surface area contributed by atoms with E-state index in [9.17, 15) is 4.39 Å². The molecule has 2 rings (SSSR count). The molecule has 0 radical (unpaired) electrons. The summed E-state index contributed by atoms with van der Waals surface area (Å²) in [4.78, 5) is 0. The van der Waals surface area contributed by atoms with Crippen molar-refractivity contribution in [3.63, 3.8) is 0 Å². The van der Waals surface area contributed by atoms with Crippen molar-refractivity contribution in [2.45, 2.75) is 57.2 Å². The molecule has 0 aromatic carbocycles. The molecule has 0 aromatic rings. The maximum atomic E-state index is 13.0. The van der Waals surface area contributed by atoms with Crippen molar-refractivity contribution in [3.8, 4) is 0 Å². The van der Waals surface area contributed by atoms with Crippen molar-refractivity contribution in [2.24, 2.45) is 5.92 Å². The van der Waals surface area contributed by atoms with Gasteiger partial charge in [0.05, 0.1) is 0 Å². The van der Waals surface area contributed by atoms with Gasteiger partial charge in [-0.15, -0.1) is 0 Å². The molecule has 76 valence electrons. The minimum Gasteiger partial charge on any atom is -0.311 e. The number of hydrogen-bond donors (Lipinski definition) is 1. The second-order valence-corrected chi connectivity index (χ2v) is 4.60. The molecule has 1 nitrogen and oxygen atoms in total. The fourth-order valence-corrected chi connectivity index (χ4v) is 2.79. The van der Waals surface area contributed by atoms with Gasteiger partial charge in [-0.2, -0.15) is 0 Å². The van der Waals surface area contributed by atoms with E-state index < -0.39 is 6.17 Å². The van der Waals surface area contributed by atoms with Gasteiger partial charge in [0, 0.05) is 12.6 Å². The van der Waals surface area contributed by atoms with Crippen LogP contribution in [-0.4, -0.2) is 18.8 Å². The van der Waals surface area contributed by atoms with Gasteiger partial charge in [0.25, 0.3) is 0 Å².